The minimum atomic E-state index is -0.184. The molecule has 2 aromatic rings. The molecule has 0 aliphatic rings. The van der Waals surface area contributed by atoms with Gasteiger partial charge in [-0.05, 0) is 94.6 Å². The maximum Gasteiger partial charge on any atom is 0.306 e. The Morgan fingerprint density at radius 3 is 1.06 bits per heavy atom. The molecular formula is C44H70O6S2. The molecule has 6 nitrogen and oxygen atoms in total. The van der Waals surface area contributed by atoms with Gasteiger partial charge in [0, 0.05) is 23.0 Å². The number of ether oxygens (including phenoxy) is 2. The first kappa shape index (κ1) is 45.8. The molecule has 0 saturated carbocycles. The zero-order valence-electron chi connectivity index (χ0n) is 34.9. The van der Waals surface area contributed by atoms with E-state index in [1.54, 1.807) is 23.5 Å². The second-order valence-corrected chi connectivity index (χ2v) is 20.9. The van der Waals surface area contributed by atoms with E-state index in [-0.39, 0.29) is 45.8 Å². The van der Waals surface area contributed by atoms with Crippen LogP contribution in [0, 0.1) is 0 Å². The molecule has 0 heterocycles. The minimum absolute atomic E-state index is 0.171. The van der Waals surface area contributed by atoms with E-state index in [4.69, 9.17) is 9.47 Å². The first-order valence-electron chi connectivity index (χ1n) is 19.1. The van der Waals surface area contributed by atoms with Crippen LogP contribution in [0.15, 0.2) is 24.3 Å². The Kier molecular flexibility index (Phi) is 17.0. The maximum absolute atomic E-state index is 12.5. The number of thioether (sulfide) groups is 2. The molecule has 8 heteroatoms. The monoisotopic (exact) mass is 758 g/mol. The van der Waals surface area contributed by atoms with Gasteiger partial charge in [-0.15, -0.1) is 0 Å². The second kappa shape index (κ2) is 19.3. The zero-order chi connectivity index (χ0) is 39.7. The lowest BCUT2D eigenvalue weighted by Gasteiger charge is -2.28. The number of benzene rings is 2. The Labute approximate surface area is 325 Å². The van der Waals surface area contributed by atoms with Crippen molar-refractivity contribution in [1.82, 2.24) is 0 Å². The van der Waals surface area contributed by atoms with E-state index >= 15 is 0 Å². The van der Waals surface area contributed by atoms with Crippen LogP contribution >= 0.6 is 23.5 Å². The summed E-state index contributed by atoms with van der Waals surface area (Å²) < 4.78 is 11.4. The summed E-state index contributed by atoms with van der Waals surface area (Å²) >= 11 is 3.46. The lowest BCUT2D eigenvalue weighted by Crippen LogP contribution is -2.19. The van der Waals surface area contributed by atoms with Crippen molar-refractivity contribution < 1.29 is 29.3 Å². The maximum atomic E-state index is 12.5. The molecule has 2 rings (SSSR count). The predicted octanol–water partition coefficient (Wildman–Crippen LogP) is 11.0. The van der Waals surface area contributed by atoms with E-state index in [0.717, 1.165) is 70.6 Å². The van der Waals surface area contributed by atoms with E-state index < -0.39 is 0 Å². The molecule has 0 radical (unpaired) electrons. The average Bonchev–Trinajstić information content (AvgIpc) is 2.98. The van der Waals surface area contributed by atoms with Gasteiger partial charge in [0.25, 0.3) is 0 Å². The molecule has 0 aliphatic carbocycles. The van der Waals surface area contributed by atoms with Crippen molar-refractivity contribution in [3.05, 3.63) is 57.6 Å². The van der Waals surface area contributed by atoms with E-state index in [0.29, 0.717) is 35.8 Å². The summed E-state index contributed by atoms with van der Waals surface area (Å²) in [6, 6.07) is 8.40. The molecule has 0 aromatic heterocycles. The summed E-state index contributed by atoms with van der Waals surface area (Å²) in [4.78, 5) is 25.0. The number of hydrogen-bond donors (Lipinski definition) is 2. The number of aryl methyl sites for hydroxylation is 2. The highest BCUT2D eigenvalue weighted by molar-refractivity contribution is 8.02. The summed E-state index contributed by atoms with van der Waals surface area (Å²) in [5.41, 5.74) is 5.41. The van der Waals surface area contributed by atoms with Gasteiger partial charge in [0.1, 0.15) is 11.5 Å². The third kappa shape index (κ3) is 15.2. The lowest BCUT2D eigenvalue weighted by molar-refractivity contribution is -0.148. The summed E-state index contributed by atoms with van der Waals surface area (Å²) in [5, 5.41) is 22.0. The van der Waals surface area contributed by atoms with Crippen molar-refractivity contribution >= 4 is 35.5 Å². The highest BCUT2D eigenvalue weighted by Crippen LogP contribution is 2.41. The van der Waals surface area contributed by atoms with Gasteiger partial charge in [-0.1, -0.05) is 107 Å². The van der Waals surface area contributed by atoms with E-state index in [1.807, 2.05) is 13.8 Å². The van der Waals surface area contributed by atoms with Gasteiger partial charge in [0.05, 0.1) is 25.0 Å². The molecule has 0 spiro atoms. The molecule has 0 bridgehead atoms. The van der Waals surface area contributed by atoms with Crippen molar-refractivity contribution in [2.24, 2.45) is 0 Å². The number of carbonyl (C=O) groups is 2. The minimum Gasteiger partial charge on any atom is -0.507 e. The van der Waals surface area contributed by atoms with Crippen LogP contribution < -0.4 is 0 Å². The van der Waals surface area contributed by atoms with Crippen LogP contribution in [-0.2, 0) is 53.6 Å². The first-order valence-corrected chi connectivity index (χ1v) is 21.4. The number of carbonyl (C=O) groups excluding carboxylic acids is 2. The van der Waals surface area contributed by atoms with Crippen molar-refractivity contribution in [2.45, 2.75) is 169 Å². The third-order valence-corrected chi connectivity index (χ3v) is 11.4. The Hall–Kier alpha value is -2.32. The molecule has 2 N–H and O–H groups in total. The highest BCUT2D eigenvalue weighted by atomic mass is 32.2. The Balaban J connectivity index is 1.66. The van der Waals surface area contributed by atoms with Gasteiger partial charge in [0.15, 0.2) is 0 Å². The molecule has 294 valence electrons. The van der Waals surface area contributed by atoms with Gasteiger partial charge < -0.3 is 19.7 Å². The quantitative estimate of drug-likeness (QED) is 0.122. The van der Waals surface area contributed by atoms with Crippen LogP contribution in [0.2, 0.25) is 0 Å². The van der Waals surface area contributed by atoms with Crippen LogP contribution in [0.5, 0.6) is 11.5 Å². The van der Waals surface area contributed by atoms with Gasteiger partial charge in [-0.25, -0.2) is 0 Å². The molecule has 52 heavy (non-hydrogen) atoms. The molecule has 0 saturated heterocycles. The molecule has 0 aliphatic heterocycles. The van der Waals surface area contributed by atoms with Gasteiger partial charge in [-0.3, -0.25) is 9.59 Å². The van der Waals surface area contributed by atoms with Crippen molar-refractivity contribution in [2.75, 3.05) is 23.0 Å². The zero-order valence-corrected chi connectivity index (χ0v) is 36.5. The fourth-order valence-electron chi connectivity index (χ4n) is 6.02. The van der Waals surface area contributed by atoms with Crippen molar-refractivity contribution in [3.8, 4) is 11.5 Å². The fourth-order valence-corrected chi connectivity index (χ4v) is 7.99. The van der Waals surface area contributed by atoms with E-state index in [1.165, 1.54) is 0 Å². The van der Waals surface area contributed by atoms with Crippen LogP contribution in [-0.4, -0.2) is 57.4 Å². The number of phenols is 2. The molecule has 0 amide bonds. The number of phenolic OH excluding ortho intramolecular Hbond substituents is 2. The Bertz CT molecular complexity index is 1290. The number of rotatable bonds is 17. The topological polar surface area (TPSA) is 93.1 Å². The SMILES string of the molecule is CC(CCc1cc(C(C)(C)C)c(O)c(C(C)(C)C)c1)OC(=O)CCSCCSCCC(=O)OC(C)CCc1cc(C(C)(C)C)c(O)c(C(C)(C)C)c1. The fraction of sp³-hybridized carbons (Fsp3) is 0.682. The average molecular weight is 759 g/mol. The third-order valence-electron chi connectivity index (χ3n) is 9.19. The molecule has 2 unspecified atom stereocenters. The second-order valence-electron chi connectivity index (χ2n) is 18.5. The Morgan fingerprint density at radius 2 is 0.808 bits per heavy atom. The highest BCUT2D eigenvalue weighted by Gasteiger charge is 2.28. The van der Waals surface area contributed by atoms with Crippen LogP contribution in [0.3, 0.4) is 0 Å². The van der Waals surface area contributed by atoms with E-state index in [9.17, 15) is 19.8 Å². The van der Waals surface area contributed by atoms with Crippen LogP contribution in [0.4, 0.5) is 0 Å². The van der Waals surface area contributed by atoms with Gasteiger partial charge in [-0.2, -0.15) is 23.5 Å². The molecular weight excluding hydrogens is 689 g/mol. The van der Waals surface area contributed by atoms with E-state index in [2.05, 4.69) is 107 Å². The first-order chi connectivity index (χ1) is 23.8. The number of aromatic hydroxyl groups is 2. The van der Waals surface area contributed by atoms with Crippen molar-refractivity contribution in [1.29, 1.82) is 0 Å². The Morgan fingerprint density at radius 1 is 0.538 bits per heavy atom. The lowest BCUT2D eigenvalue weighted by atomic mass is 9.78. The molecule has 0 fully saturated rings. The summed E-state index contributed by atoms with van der Waals surface area (Å²) in [7, 11) is 0. The molecule has 2 aromatic carbocycles. The summed E-state index contributed by atoms with van der Waals surface area (Å²) in [6.45, 7) is 29.3. The number of esters is 2. The van der Waals surface area contributed by atoms with Gasteiger partial charge in [0.2, 0.25) is 0 Å². The summed E-state index contributed by atoms with van der Waals surface area (Å²) in [5.74, 6) is 3.67. The van der Waals surface area contributed by atoms with Crippen LogP contribution in [0.25, 0.3) is 0 Å². The largest absolute Gasteiger partial charge is 0.507 e. The summed E-state index contributed by atoms with van der Waals surface area (Å²) in [6.07, 6.45) is 3.39. The molecule has 2 atom stereocenters. The predicted molar refractivity (Wildman–Crippen MR) is 223 cm³/mol. The smallest absolute Gasteiger partial charge is 0.306 e. The number of hydrogen-bond acceptors (Lipinski definition) is 8. The van der Waals surface area contributed by atoms with Crippen LogP contribution in [0.1, 0.15) is 156 Å². The normalized spacial score (nSPS) is 13.9. The van der Waals surface area contributed by atoms with Gasteiger partial charge >= 0.3 is 11.9 Å². The van der Waals surface area contributed by atoms with Crippen molar-refractivity contribution in [3.63, 3.8) is 0 Å². The standard InChI is InChI=1S/C44H70O6S2/c1-29(15-17-31-25-33(41(3,4)5)39(47)34(26-31)42(6,7)8)49-37(45)19-21-51-23-24-52-22-20-38(46)50-30(2)16-18-32-27-35(43(9,10)11)40(48)36(28-32)44(12,13)14/h25-30,47-48H,15-24H2,1-14H3.